The van der Waals surface area contributed by atoms with Crippen molar-refractivity contribution in [2.75, 3.05) is 37.8 Å². The number of imidazole rings is 1. The molecule has 2 aromatic heterocycles. The molecule has 0 aliphatic carbocycles. The van der Waals surface area contributed by atoms with Crippen LogP contribution in [-0.4, -0.2) is 123 Å². The minimum Gasteiger partial charge on any atom is -0.386 e. The van der Waals surface area contributed by atoms with Crippen LogP contribution in [0, 0.1) is 5.41 Å². The molecule has 3 rings (SSSR count). The van der Waals surface area contributed by atoms with E-state index >= 15 is 0 Å². The van der Waals surface area contributed by atoms with Crippen LogP contribution in [0.5, 0.6) is 0 Å². The number of thioether (sulfide) groups is 1. The second kappa shape index (κ2) is 27.9. The number of phosphoric acid groups is 3. The molecule has 24 nitrogen and oxygen atoms in total. The lowest BCUT2D eigenvalue weighted by Gasteiger charge is -2.30. The number of anilines is 1. The number of rotatable bonds is 32. The number of allylic oxidation sites excluding steroid dienone is 4. The molecule has 0 spiro atoms. The number of aromatic nitrogens is 4. The third-order valence-corrected chi connectivity index (χ3v) is 13.9. The number of phosphoric ester groups is 3. The molecule has 28 heteroatoms. The fraction of sp³-hybridized carbons (Fsp3) is 0.684. The highest BCUT2D eigenvalue weighted by molar-refractivity contribution is 8.13. The Kier molecular flexibility index (Phi) is 24.2. The molecule has 1 saturated heterocycles. The van der Waals surface area contributed by atoms with Crippen molar-refractivity contribution in [3.05, 3.63) is 37.0 Å². The number of hydrogen-bond acceptors (Lipinski definition) is 18. The summed E-state index contributed by atoms with van der Waals surface area (Å²) in [5, 5.41) is 26.6. The fourth-order valence-corrected chi connectivity index (χ4v) is 9.81. The van der Waals surface area contributed by atoms with E-state index in [1.54, 1.807) is 0 Å². The highest BCUT2D eigenvalue weighted by atomic mass is 32.2. The van der Waals surface area contributed by atoms with Crippen molar-refractivity contribution in [3.8, 4) is 0 Å². The van der Waals surface area contributed by atoms with Gasteiger partial charge >= 0.3 is 23.5 Å². The maximum absolute atomic E-state index is 12.7. The van der Waals surface area contributed by atoms with Gasteiger partial charge in [-0.25, -0.2) is 28.6 Å². The van der Waals surface area contributed by atoms with E-state index in [0.29, 0.717) is 12.2 Å². The van der Waals surface area contributed by atoms with Crippen molar-refractivity contribution in [1.82, 2.24) is 30.2 Å². The van der Waals surface area contributed by atoms with Gasteiger partial charge in [-0.05, 0) is 32.1 Å². The van der Waals surface area contributed by atoms with Gasteiger partial charge in [0.15, 0.2) is 22.8 Å². The molecular formula is C38H64N7O17P3S. The van der Waals surface area contributed by atoms with Crippen molar-refractivity contribution in [2.24, 2.45) is 5.41 Å². The number of nitrogen functional groups attached to an aromatic ring is 1. The Morgan fingerprint density at radius 1 is 0.924 bits per heavy atom. The van der Waals surface area contributed by atoms with Crippen LogP contribution in [0.25, 0.3) is 11.2 Å². The van der Waals surface area contributed by atoms with Crippen LogP contribution in [0.2, 0.25) is 0 Å². The Morgan fingerprint density at radius 3 is 2.29 bits per heavy atom. The first kappa shape index (κ1) is 57.4. The van der Waals surface area contributed by atoms with E-state index in [2.05, 4.69) is 65.6 Å². The van der Waals surface area contributed by atoms with Gasteiger partial charge in [0.25, 0.3) is 0 Å². The minimum absolute atomic E-state index is 0.0321. The number of unbranched alkanes of at least 4 members (excludes halogenated alkanes) is 7. The average molecular weight is 1020 g/mol. The minimum atomic E-state index is -5.58. The van der Waals surface area contributed by atoms with E-state index in [1.807, 2.05) is 0 Å². The van der Waals surface area contributed by atoms with Gasteiger partial charge in [0.1, 0.15) is 36.3 Å². The van der Waals surface area contributed by atoms with Gasteiger partial charge < -0.3 is 50.9 Å². The number of ether oxygens (including phenoxy) is 1. The molecule has 2 aromatic rings. The number of hydrogen-bond donors (Lipinski definition) is 9. The lowest BCUT2D eigenvalue weighted by molar-refractivity contribution is -0.137. The first-order valence-corrected chi connectivity index (χ1v) is 26.9. The number of nitrogens with two attached hydrogens (primary N) is 1. The number of aliphatic hydroxyl groups excluding tert-OH is 2. The van der Waals surface area contributed by atoms with E-state index in [-0.39, 0.29) is 41.6 Å². The van der Waals surface area contributed by atoms with Gasteiger partial charge in [-0.15, -0.1) is 0 Å². The summed E-state index contributed by atoms with van der Waals surface area (Å²) in [6.07, 6.45) is 13.2. The highest BCUT2D eigenvalue weighted by Crippen LogP contribution is 2.61. The van der Waals surface area contributed by atoms with Gasteiger partial charge in [0.05, 0.1) is 19.5 Å². The summed E-state index contributed by atoms with van der Waals surface area (Å²) in [6.45, 7) is 2.74. The predicted molar refractivity (Wildman–Crippen MR) is 242 cm³/mol. The Labute approximate surface area is 387 Å². The number of amides is 2. The SMILES string of the molecule is CCCC/C=C\C/C=C\CCCCCCCC(=O)SCCNC(=O)CCNC(=O)[C@H](O)C(C)(C)COP(=O)(O)OP(=O)(O)OC[C@H]1O[C@@H](n2cnc3c(N)ncnc32)[C@H](O)[C@@H]1OP(=O)(O)O. The van der Waals surface area contributed by atoms with Crippen molar-refractivity contribution < 1.29 is 80.5 Å². The molecule has 66 heavy (non-hydrogen) atoms. The Morgan fingerprint density at radius 2 is 1.59 bits per heavy atom. The number of carbonyl (C=O) groups is 3. The third kappa shape index (κ3) is 20.7. The maximum Gasteiger partial charge on any atom is 0.481 e. The van der Waals surface area contributed by atoms with Crippen molar-refractivity contribution in [2.45, 2.75) is 128 Å². The topological polar surface area (TPSA) is 364 Å². The van der Waals surface area contributed by atoms with Gasteiger partial charge in [-0.1, -0.05) is 88.9 Å². The van der Waals surface area contributed by atoms with E-state index in [4.69, 9.17) is 19.5 Å². The summed E-state index contributed by atoms with van der Waals surface area (Å²) < 4.78 is 62.4. The largest absolute Gasteiger partial charge is 0.481 e. The molecule has 3 heterocycles. The van der Waals surface area contributed by atoms with E-state index < -0.39 is 84.6 Å². The molecule has 0 radical (unpaired) electrons. The third-order valence-electron chi connectivity index (χ3n) is 9.85. The van der Waals surface area contributed by atoms with E-state index in [0.717, 1.165) is 80.4 Å². The molecule has 7 atom stereocenters. The molecule has 2 amide bonds. The molecule has 1 aliphatic heterocycles. The van der Waals surface area contributed by atoms with Crippen molar-refractivity contribution in [1.29, 1.82) is 0 Å². The second-order valence-electron chi connectivity index (χ2n) is 15.9. The molecule has 1 fully saturated rings. The summed E-state index contributed by atoms with van der Waals surface area (Å²) in [6, 6.07) is 0. The summed E-state index contributed by atoms with van der Waals surface area (Å²) in [5.41, 5.74) is 4.28. The van der Waals surface area contributed by atoms with E-state index in [9.17, 15) is 57.9 Å². The second-order valence-corrected chi connectivity index (χ2v) is 21.3. The fourth-order valence-electron chi connectivity index (χ4n) is 6.26. The predicted octanol–water partition coefficient (Wildman–Crippen LogP) is 4.09. The zero-order valence-electron chi connectivity index (χ0n) is 37.2. The molecule has 0 bridgehead atoms. The maximum atomic E-state index is 12.7. The van der Waals surface area contributed by atoms with Gasteiger partial charge in [-0.2, -0.15) is 4.31 Å². The molecule has 1 aliphatic rings. The highest BCUT2D eigenvalue weighted by Gasteiger charge is 2.50. The average Bonchev–Trinajstić information content (AvgIpc) is 3.80. The summed E-state index contributed by atoms with van der Waals surface area (Å²) in [7, 11) is -16.4. The van der Waals surface area contributed by atoms with Crippen molar-refractivity contribution >= 4 is 69.1 Å². The van der Waals surface area contributed by atoms with Crippen molar-refractivity contribution in [3.63, 3.8) is 0 Å². The molecule has 2 unspecified atom stereocenters. The van der Waals surface area contributed by atoms with Crippen LogP contribution in [0.1, 0.15) is 104 Å². The van der Waals surface area contributed by atoms with Gasteiger partial charge in [-0.3, -0.25) is 32.5 Å². The zero-order valence-corrected chi connectivity index (χ0v) is 40.7. The number of fused-ring (bicyclic) bond motifs is 1. The molecule has 10 N–H and O–H groups in total. The Balaban J connectivity index is 1.32. The van der Waals surface area contributed by atoms with Crippen LogP contribution in [0.4, 0.5) is 5.82 Å². The number of carbonyl (C=O) groups excluding carboxylic acids is 3. The monoisotopic (exact) mass is 1020 g/mol. The molecule has 0 aromatic carbocycles. The van der Waals surface area contributed by atoms with Gasteiger partial charge in [0, 0.05) is 37.1 Å². The summed E-state index contributed by atoms with van der Waals surface area (Å²) in [4.78, 5) is 88.3. The van der Waals surface area contributed by atoms with Crippen LogP contribution >= 0.6 is 35.2 Å². The lowest BCUT2D eigenvalue weighted by atomic mass is 9.87. The number of aliphatic hydroxyl groups is 2. The Bertz CT molecular complexity index is 2070. The van der Waals surface area contributed by atoms with Crippen LogP contribution in [0.15, 0.2) is 37.0 Å². The first-order chi connectivity index (χ1) is 31.1. The zero-order chi connectivity index (χ0) is 49.0. The lowest BCUT2D eigenvalue weighted by Crippen LogP contribution is -2.46. The van der Waals surface area contributed by atoms with Gasteiger partial charge in [0.2, 0.25) is 11.8 Å². The molecular weight excluding hydrogens is 951 g/mol. The molecule has 374 valence electrons. The first-order valence-electron chi connectivity index (χ1n) is 21.4. The smallest absolute Gasteiger partial charge is 0.386 e. The quantitative estimate of drug-likeness (QED) is 0.0283. The number of nitrogens with zero attached hydrogens (tertiary/aromatic N) is 4. The standard InChI is InChI=1S/C38H64N7O17P3S/c1-4-5-6-7-8-9-10-11-12-13-14-15-16-17-18-29(47)66-22-21-40-28(46)19-20-41-36(50)33(49)38(2,3)24-59-65(56,57)62-64(54,55)58-23-27-32(61-63(51,52)53)31(48)37(60-27)45-26-44-30-34(39)42-25-43-35(30)45/h7-8,10-11,25-27,31-33,37,48-49H,4-6,9,12-24H2,1-3H3,(H,40,46)(H,41,50)(H,54,55)(H,56,57)(H2,39,42,43)(H2,51,52,53)/b8-7-,11-10-/t27-,31-,32-,33+,37-/m1/s1. The Hall–Kier alpha value is -2.96. The molecule has 0 saturated carbocycles. The van der Waals surface area contributed by atoms with Crippen LogP contribution in [-0.2, 0) is 50.7 Å². The normalized spacial score (nSPS) is 20.4. The summed E-state index contributed by atoms with van der Waals surface area (Å²) in [5.74, 6) is -1.04. The van der Waals surface area contributed by atoms with Crippen LogP contribution < -0.4 is 16.4 Å². The summed E-state index contributed by atoms with van der Waals surface area (Å²) >= 11 is 1.14. The van der Waals surface area contributed by atoms with Crippen LogP contribution in [0.3, 0.4) is 0 Å². The number of nitrogens with one attached hydrogen (secondary N) is 2. The van der Waals surface area contributed by atoms with E-state index in [1.165, 1.54) is 26.7 Å².